The molecular weight excluding hydrogens is 310 g/mol. The number of rotatable bonds is 2. The normalized spacial score (nSPS) is 39.5. The molecule has 0 aliphatic carbocycles. The number of ketones is 1. The fraction of sp³-hybridized carbons (Fsp3) is 0.571. The summed E-state index contributed by atoms with van der Waals surface area (Å²) in [6.45, 7) is 10.3. The number of benzene rings is 1. The summed E-state index contributed by atoms with van der Waals surface area (Å²) in [5.74, 6) is 0.517. The maximum atomic E-state index is 13.1. The predicted molar refractivity (Wildman–Crippen MR) is 99.4 cm³/mol. The van der Waals surface area contributed by atoms with Gasteiger partial charge in [0, 0.05) is 55.4 Å². The molecule has 5 heterocycles. The van der Waals surface area contributed by atoms with Crippen LogP contribution in [0.1, 0.15) is 37.7 Å². The number of Topliss-reactive ketones (excluding diaryl/α,β-unsaturated/α-hetero) is 1. The number of hydrogen-bond donors (Lipinski definition) is 0. The van der Waals surface area contributed by atoms with Gasteiger partial charge in [-0.25, -0.2) is 0 Å². The van der Waals surface area contributed by atoms with Gasteiger partial charge in [0.05, 0.1) is 17.0 Å². The van der Waals surface area contributed by atoms with Gasteiger partial charge in [-0.2, -0.15) is 0 Å². The molecule has 1 aromatic heterocycles. The van der Waals surface area contributed by atoms with E-state index in [9.17, 15) is 4.79 Å². The number of nitrogens with zero attached hydrogens (tertiary/aromatic N) is 3. The molecule has 4 saturated heterocycles. The zero-order chi connectivity index (χ0) is 17.6. The van der Waals surface area contributed by atoms with E-state index in [2.05, 4.69) is 66.5 Å². The standard InChI is InChI=1S/C21H27N3O/c1-5-21-12-23-10-20(3,19(21)25)11-24(13-21)18(23)17-14(2)22(4)16-9-7-6-8-15(16)17/h6-9,18H,5,10-13H2,1-4H3. The Balaban J connectivity index is 1.68. The van der Waals surface area contributed by atoms with Crippen molar-refractivity contribution in [3.8, 4) is 0 Å². The van der Waals surface area contributed by atoms with Gasteiger partial charge in [-0.15, -0.1) is 0 Å². The maximum Gasteiger partial charge on any atom is 0.150 e. The molecule has 0 N–H and O–H groups in total. The molecule has 132 valence electrons. The first kappa shape index (κ1) is 15.6. The van der Waals surface area contributed by atoms with Gasteiger partial charge >= 0.3 is 0 Å². The van der Waals surface area contributed by atoms with Gasteiger partial charge in [-0.1, -0.05) is 32.0 Å². The van der Waals surface area contributed by atoms with E-state index in [1.165, 1.54) is 22.2 Å². The van der Waals surface area contributed by atoms with Crippen molar-refractivity contribution in [3.05, 3.63) is 35.5 Å². The van der Waals surface area contributed by atoms with Gasteiger partial charge < -0.3 is 4.57 Å². The van der Waals surface area contributed by atoms with Gasteiger partial charge in [0.15, 0.2) is 0 Å². The van der Waals surface area contributed by atoms with E-state index in [4.69, 9.17) is 0 Å². The maximum absolute atomic E-state index is 13.1. The SMILES string of the molecule is CCC12CN3CC(C)(CN(C1)C3c1c(C)n(C)c3ccccc13)C2=O. The van der Waals surface area contributed by atoms with E-state index in [1.54, 1.807) is 0 Å². The molecule has 4 aliphatic rings. The largest absolute Gasteiger partial charge is 0.348 e. The van der Waals surface area contributed by atoms with Crippen LogP contribution in [0.4, 0.5) is 0 Å². The van der Waals surface area contributed by atoms with Gasteiger partial charge in [-0.05, 0) is 19.4 Å². The number of carbonyl (C=O) groups is 1. The number of aryl methyl sites for hydroxylation is 1. The van der Waals surface area contributed by atoms with Crippen LogP contribution in [0.3, 0.4) is 0 Å². The second kappa shape index (κ2) is 4.74. The summed E-state index contributed by atoms with van der Waals surface area (Å²) in [6, 6.07) is 8.73. The molecule has 0 radical (unpaired) electrons. The first-order valence-corrected chi connectivity index (χ1v) is 9.47. The van der Waals surface area contributed by atoms with Crippen molar-refractivity contribution in [1.82, 2.24) is 14.4 Å². The van der Waals surface area contributed by atoms with Crippen molar-refractivity contribution in [1.29, 1.82) is 0 Å². The van der Waals surface area contributed by atoms with E-state index in [1.807, 2.05) is 0 Å². The Morgan fingerprint density at radius 3 is 2.40 bits per heavy atom. The Kier molecular flexibility index (Phi) is 2.96. The monoisotopic (exact) mass is 337 g/mol. The van der Waals surface area contributed by atoms with Crippen LogP contribution in [0.25, 0.3) is 10.9 Å². The second-order valence-electron chi connectivity index (χ2n) is 8.78. The molecule has 0 spiro atoms. The van der Waals surface area contributed by atoms with Crippen molar-refractivity contribution < 1.29 is 4.79 Å². The Hall–Kier alpha value is -1.65. The highest BCUT2D eigenvalue weighted by Crippen LogP contribution is 2.54. The highest BCUT2D eigenvalue weighted by molar-refractivity contribution is 5.93. The molecule has 6 rings (SSSR count). The molecular formula is C21H27N3O. The third-order valence-corrected chi connectivity index (χ3v) is 7.22. The Morgan fingerprint density at radius 1 is 1.12 bits per heavy atom. The molecule has 2 aromatic rings. The van der Waals surface area contributed by atoms with Crippen molar-refractivity contribution in [3.63, 3.8) is 0 Å². The van der Waals surface area contributed by atoms with Crippen molar-refractivity contribution in [2.45, 2.75) is 33.4 Å². The molecule has 2 unspecified atom stereocenters. The number of carbonyl (C=O) groups excluding carboxylic acids is 1. The summed E-state index contributed by atoms with van der Waals surface area (Å²) in [4.78, 5) is 18.3. The lowest BCUT2D eigenvalue weighted by Crippen LogP contribution is -2.76. The fourth-order valence-corrected chi connectivity index (χ4v) is 6.02. The number of piperidine rings is 2. The highest BCUT2D eigenvalue weighted by atomic mass is 16.1. The third kappa shape index (κ3) is 1.77. The lowest BCUT2D eigenvalue weighted by atomic mass is 9.60. The molecule has 0 saturated carbocycles. The second-order valence-corrected chi connectivity index (χ2v) is 8.78. The van der Waals surface area contributed by atoms with Crippen LogP contribution in [-0.2, 0) is 11.8 Å². The molecule has 4 heteroatoms. The van der Waals surface area contributed by atoms with Gasteiger partial charge in [0.25, 0.3) is 0 Å². The minimum absolute atomic E-state index is 0.153. The van der Waals surface area contributed by atoms with Crippen LogP contribution < -0.4 is 0 Å². The van der Waals surface area contributed by atoms with Crippen LogP contribution in [0, 0.1) is 17.8 Å². The minimum atomic E-state index is -0.193. The zero-order valence-corrected chi connectivity index (χ0v) is 15.7. The number of para-hydroxylation sites is 1. The lowest BCUT2D eigenvalue weighted by Gasteiger charge is -2.65. The molecule has 25 heavy (non-hydrogen) atoms. The Labute approximate surface area is 149 Å². The highest BCUT2D eigenvalue weighted by Gasteiger charge is 2.63. The fourth-order valence-electron chi connectivity index (χ4n) is 6.02. The first-order chi connectivity index (χ1) is 11.9. The topological polar surface area (TPSA) is 28.5 Å². The van der Waals surface area contributed by atoms with Gasteiger partial charge in [-0.3, -0.25) is 14.6 Å². The van der Waals surface area contributed by atoms with E-state index in [0.29, 0.717) is 11.9 Å². The smallest absolute Gasteiger partial charge is 0.150 e. The number of aromatic nitrogens is 1. The van der Waals surface area contributed by atoms with Crippen LogP contribution in [0.5, 0.6) is 0 Å². The zero-order valence-electron chi connectivity index (χ0n) is 15.7. The average Bonchev–Trinajstić information content (AvgIpc) is 2.84. The molecule has 2 atom stereocenters. The summed E-state index contributed by atoms with van der Waals surface area (Å²) >= 11 is 0. The van der Waals surface area contributed by atoms with Gasteiger partial charge in [0.2, 0.25) is 0 Å². The van der Waals surface area contributed by atoms with Crippen LogP contribution in [-0.4, -0.2) is 46.3 Å². The summed E-state index contributed by atoms with van der Waals surface area (Å²) in [5, 5.41) is 1.36. The summed E-state index contributed by atoms with van der Waals surface area (Å²) < 4.78 is 2.32. The van der Waals surface area contributed by atoms with E-state index < -0.39 is 0 Å². The van der Waals surface area contributed by atoms with Crippen molar-refractivity contribution >= 4 is 16.7 Å². The van der Waals surface area contributed by atoms with Crippen LogP contribution in [0.2, 0.25) is 0 Å². The molecule has 1 aromatic carbocycles. The van der Waals surface area contributed by atoms with E-state index in [0.717, 1.165) is 32.6 Å². The number of fused-ring (bicyclic) bond motifs is 1. The minimum Gasteiger partial charge on any atom is -0.348 e. The van der Waals surface area contributed by atoms with Crippen molar-refractivity contribution in [2.75, 3.05) is 26.2 Å². The molecule has 4 aliphatic heterocycles. The summed E-state index contributed by atoms with van der Waals surface area (Å²) in [7, 11) is 2.17. The van der Waals surface area contributed by atoms with Crippen molar-refractivity contribution in [2.24, 2.45) is 17.9 Å². The summed E-state index contributed by atoms with van der Waals surface area (Å²) in [5.41, 5.74) is 3.75. The quantitative estimate of drug-likeness (QED) is 0.843. The Morgan fingerprint density at radius 2 is 1.76 bits per heavy atom. The lowest BCUT2D eigenvalue weighted by molar-refractivity contribution is -0.200. The van der Waals surface area contributed by atoms with Crippen LogP contribution in [0.15, 0.2) is 24.3 Å². The first-order valence-electron chi connectivity index (χ1n) is 9.47. The Bertz CT molecular complexity index is 880. The van der Waals surface area contributed by atoms with Crippen LogP contribution >= 0.6 is 0 Å². The molecule has 4 fully saturated rings. The number of hydrogen-bond acceptors (Lipinski definition) is 3. The third-order valence-electron chi connectivity index (χ3n) is 7.22. The average molecular weight is 337 g/mol. The van der Waals surface area contributed by atoms with E-state index >= 15 is 0 Å². The van der Waals surface area contributed by atoms with E-state index in [-0.39, 0.29) is 10.8 Å². The molecule has 4 nitrogen and oxygen atoms in total. The van der Waals surface area contributed by atoms with Gasteiger partial charge in [0.1, 0.15) is 5.78 Å². The predicted octanol–water partition coefficient (Wildman–Crippen LogP) is 3.10. The molecule has 4 bridgehead atoms. The summed E-state index contributed by atoms with van der Waals surface area (Å²) in [6.07, 6.45) is 1.27. The molecule has 0 amide bonds.